The highest BCUT2D eigenvalue weighted by molar-refractivity contribution is 6.26. The molecule has 0 saturated carbocycles. The van der Waals surface area contributed by atoms with E-state index in [9.17, 15) is 0 Å². The third kappa shape index (κ3) is 5.02. The average molecular weight is 842 g/mol. The summed E-state index contributed by atoms with van der Waals surface area (Å²) in [4.78, 5) is 16.0. The maximum absolute atomic E-state index is 6.97. The molecule has 1 atom stereocenters. The van der Waals surface area contributed by atoms with E-state index in [4.69, 9.17) is 23.8 Å². The number of allylic oxidation sites excluding steroid dienone is 8. The number of benzene rings is 8. The minimum atomic E-state index is 0.238. The fourth-order valence-corrected chi connectivity index (χ4v) is 11.3. The molecule has 0 bridgehead atoms. The van der Waals surface area contributed by atoms with Crippen molar-refractivity contribution in [1.82, 2.24) is 15.0 Å². The lowest BCUT2D eigenvalue weighted by molar-refractivity contribution is 0.669. The van der Waals surface area contributed by atoms with E-state index in [2.05, 4.69) is 152 Å². The second kappa shape index (κ2) is 13.4. The molecule has 1 unspecified atom stereocenters. The molecule has 0 fully saturated rings. The van der Waals surface area contributed by atoms with Crippen LogP contribution in [0.15, 0.2) is 214 Å². The highest BCUT2D eigenvalue weighted by Gasteiger charge is 2.32. The van der Waals surface area contributed by atoms with Gasteiger partial charge in [0.25, 0.3) is 0 Å². The number of aromatic nitrogens is 3. The summed E-state index contributed by atoms with van der Waals surface area (Å²) in [6.45, 7) is 0. The molecule has 4 heterocycles. The molecule has 8 aromatic carbocycles. The molecule has 3 aliphatic rings. The number of rotatable bonds is 4. The van der Waals surface area contributed by atoms with Gasteiger partial charge in [0, 0.05) is 65.9 Å². The van der Waals surface area contributed by atoms with Gasteiger partial charge in [0.1, 0.15) is 22.3 Å². The average Bonchev–Trinajstić information content (AvgIpc) is 3.96. The lowest BCUT2D eigenvalue weighted by Crippen LogP contribution is -2.15. The van der Waals surface area contributed by atoms with E-state index >= 15 is 0 Å². The summed E-state index contributed by atoms with van der Waals surface area (Å²) in [7, 11) is 0. The molecule has 3 aliphatic carbocycles. The Balaban J connectivity index is 0.937. The summed E-state index contributed by atoms with van der Waals surface area (Å²) in [5, 5.41) is 9.84. The van der Waals surface area contributed by atoms with Crippen LogP contribution in [0.5, 0.6) is 0 Å². The van der Waals surface area contributed by atoms with Crippen molar-refractivity contribution in [3.63, 3.8) is 0 Å². The third-order valence-electron chi connectivity index (χ3n) is 14.2. The molecule has 0 amide bonds. The molecule has 0 saturated heterocycles. The molecule has 0 radical (unpaired) electrons. The molecule has 0 aliphatic heterocycles. The van der Waals surface area contributed by atoms with Crippen molar-refractivity contribution in [1.29, 1.82) is 0 Å². The van der Waals surface area contributed by atoms with Crippen molar-refractivity contribution < 1.29 is 8.83 Å². The van der Waals surface area contributed by atoms with Crippen molar-refractivity contribution in [2.24, 2.45) is 0 Å². The summed E-state index contributed by atoms with van der Waals surface area (Å²) in [6, 6.07) is 57.5. The molecule has 5 heteroatoms. The molecular formula is C61H35N3O2. The summed E-state index contributed by atoms with van der Waals surface area (Å²) in [5.41, 5.74) is 17.8. The largest absolute Gasteiger partial charge is 0.456 e. The lowest BCUT2D eigenvalue weighted by atomic mass is 9.70. The highest BCUT2D eigenvalue weighted by atomic mass is 16.3. The number of hydrogen-bond donors (Lipinski definition) is 0. The first-order valence-electron chi connectivity index (χ1n) is 22.6. The summed E-state index contributed by atoms with van der Waals surface area (Å²) < 4.78 is 13.3. The fraction of sp³-hybridized carbons (Fsp3) is 0.0328. The van der Waals surface area contributed by atoms with E-state index in [0.717, 1.165) is 111 Å². The lowest BCUT2D eigenvalue weighted by Gasteiger charge is -2.34. The highest BCUT2D eigenvalue weighted by Crippen LogP contribution is 2.52. The van der Waals surface area contributed by atoms with Gasteiger partial charge in [0.15, 0.2) is 5.82 Å². The molecule has 306 valence electrons. The van der Waals surface area contributed by atoms with Gasteiger partial charge < -0.3 is 8.83 Å². The molecule has 0 spiro atoms. The number of hydrogen-bond acceptors (Lipinski definition) is 5. The third-order valence-corrected chi connectivity index (χ3v) is 14.2. The van der Waals surface area contributed by atoms with Crippen LogP contribution in [-0.2, 0) is 0 Å². The topological polar surface area (TPSA) is 65.0 Å². The first kappa shape index (κ1) is 35.8. The monoisotopic (exact) mass is 841 g/mol. The van der Waals surface area contributed by atoms with Crippen LogP contribution in [0.2, 0.25) is 0 Å². The SMILES string of the molecule is C1=CC2C3=C(C=CCC3=C1)c1cccc3c(-c4nc5ccccc5c5c4ccc4c6cc(-c7nc(-c8ccccc8)cc(-c8cccc9oc%10ccccc%10c89)n7)ccc6oc45)ccc2c13. The Kier molecular flexibility index (Phi) is 7.27. The fourth-order valence-electron chi connectivity index (χ4n) is 11.3. The predicted molar refractivity (Wildman–Crippen MR) is 269 cm³/mol. The molecule has 15 rings (SSSR count). The zero-order valence-corrected chi connectivity index (χ0v) is 35.4. The predicted octanol–water partition coefficient (Wildman–Crippen LogP) is 16.1. The van der Waals surface area contributed by atoms with Gasteiger partial charge in [-0.15, -0.1) is 0 Å². The van der Waals surface area contributed by atoms with Gasteiger partial charge in [-0.1, -0.05) is 146 Å². The molecule has 66 heavy (non-hydrogen) atoms. The molecule has 12 aromatic rings. The van der Waals surface area contributed by atoms with E-state index in [1.807, 2.05) is 42.5 Å². The quantitative estimate of drug-likeness (QED) is 0.165. The second-order valence-electron chi connectivity index (χ2n) is 17.7. The second-order valence-corrected chi connectivity index (χ2v) is 17.7. The van der Waals surface area contributed by atoms with Crippen LogP contribution in [0.1, 0.15) is 23.5 Å². The minimum Gasteiger partial charge on any atom is -0.456 e. The maximum atomic E-state index is 6.97. The van der Waals surface area contributed by atoms with E-state index in [1.165, 1.54) is 38.6 Å². The van der Waals surface area contributed by atoms with Crippen LogP contribution >= 0.6 is 0 Å². The van der Waals surface area contributed by atoms with Gasteiger partial charge in [-0.2, -0.15) is 0 Å². The van der Waals surface area contributed by atoms with Gasteiger partial charge >= 0.3 is 0 Å². The smallest absolute Gasteiger partial charge is 0.160 e. The molecule has 0 N–H and O–H groups in total. The van der Waals surface area contributed by atoms with Gasteiger partial charge in [-0.05, 0) is 93.6 Å². The zero-order valence-electron chi connectivity index (χ0n) is 35.4. The van der Waals surface area contributed by atoms with Crippen LogP contribution < -0.4 is 0 Å². The van der Waals surface area contributed by atoms with Crippen LogP contribution in [0.4, 0.5) is 0 Å². The number of nitrogens with zero attached hydrogens (tertiary/aromatic N) is 3. The van der Waals surface area contributed by atoms with Crippen LogP contribution in [0, 0.1) is 0 Å². The van der Waals surface area contributed by atoms with Gasteiger partial charge in [-0.25, -0.2) is 15.0 Å². The van der Waals surface area contributed by atoms with Gasteiger partial charge in [0.05, 0.1) is 22.6 Å². The van der Waals surface area contributed by atoms with E-state index < -0.39 is 0 Å². The molecular weight excluding hydrogens is 807 g/mol. The van der Waals surface area contributed by atoms with Crippen LogP contribution in [-0.4, -0.2) is 15.0 Å². The van der Waals surface area contributed by atoms with E-state index in [1.54, 1.807) is 0 Å². The Bertz CT molecular complexity index is 4260. The number of fused-ring (bicyclic) bond motifs is 12. The maximum Gasteiger partial charge on any atom is 0.160 e. The number of furan rings is 2. The Morgan fingerprint density at radius 3 is 2.23 bits per heavy atom. The summed E-state index contributed by atoms with van der Waals surface area (Å²) in [5.74, 6) is 0.872. The van der Waals surface area contributed by atoms with Crippen molar-refractivity contribution >= 4 is 81.9 Å². The minimum absolute atomic E-state index is 0.238. The van der Waals surface area contributed by atoms with Crippen molar-refractivity contribution in [2.75, 3.05) is 0 Å². The first-order chi connectivity index (χ1) is 32.7. The Hall–Kier alpha value is -8.67. The van der Waals surface area contributed by atoms with Crippen molar-refractivity contribution in [3.8, 4) is 45.2 Å². The van der Waals surface area contributed by atoms with E-state index in [-0.39, 0.29) is 5.92 Å². The Morgan fingerprint density at radius 2 is 1.27 bits per heavy atom. The van der Waals surface area contributed by atoms with Crippen LogP contribution in [0.3, 0.4) is 0 Å². The van der Waals surface area contributed by atoms with Gasteiger partial charge in [-0.3, -0.25) is 0 Å². The standard InChI is InChI=1S/C61H35N3O2/c1-2-12-34(13-3-1)50-33-51(45-22-11-25-54-57(45)46-17-5-7-24-52(46)65-54)64-61(63-50)36-26-31-53-48(32-36)43-29-30-47-58(60(43)66-53)44-16-4-6-23-49(44)62-59(47)42-28-27-41-38-19-9-15-35-14-8-18-37(55(35)38)39-20-10-21-40(42)56(39)41/h1-13,15-33,38H,14H2. The van der Waals surface area contributed by atoms with Crippen molar-refractivity contribution in [3.05, 3.63) is 216 Å². The summed E-state index contributed by atoms with van der Waals surface area (Å²) >= 11 is 0. The molecule has 5 nitrogen and oxygen atoms in total. The molecule has 4 aromatic heterocycles. The van der Waals surface area contributed by atoms with Gasteiger partial charge in [0.2, 0.25) is 0 Å². The van der Waals surface area contributed by atoms with E-state index in [0.29, 0.717) is 5.82 Å². The number of para-hydroxylation sites is 2. The Morgan fingerprint density at radius 1 is 0.485 bits per heavy atom. The Labute approximate surface area is 378 Å². The van der Waals surface area contributed by atoms with Crippen molar-refractivity contribution in [2.45, 2.75) is 12.3 Å². The summed E-state index contributed by atoms with van der Waals surface area (Å²) in [6.07, 6.45) is 12.5. The number of pyridine rings is 1. The normalized spacial score (nSPS) is 15.3. The first-order valence-corrected chi connectivity index (χ1v) is 22.6. The zero-order chi connectivity index (χ0) is 43.0. The van der Waals surface area contributed by atoms with Crippen LogP contribution in [0.25, 0.3) is 127 Å².